The SMILES string of the molecule is NC(CCCCB(O)O)(CCCN1CCC(O)CC1)C(=O)O. The van der Waals surface area contributed by atoms with Gasteiger partial charge in [0, 0.05) is 13.1 Å². The molecule has 0 aromatic heterocycles. The number of likely N-dealkylation sites (tertiary alicyclic amines) is 1. The molecule has 0 aliphatic carbocycles. The van der Waals surface area contributed by atoms with Crippen molar-refractivity contribution in [3.05, 3.63) is 0 Å². The number of hydrogen-bond donors (Lipinski definition) is 5. The van der Waals surface area contributed by atoms with Crippen LogP contribution >= 0.6 is 0 Å². The first-order valence-electron chi connectivity index (χ1n) is 8.12. The number of carbonyl (C=O) groups is 1. The molecule has 0 radical (unpaired) electrons. The zero-order valence-corrected chi connectivity index (χ0v) is 13.2. The van der Waals surface area contributed by atoms with Gasteiger partial charge in [0.05, 0.1) is 6.10 Å². The van der Waals surface area contributed by atoms with Crippen molar-refractivity contribution in [2.45, 2.75) is 62.9 Å². The van der Waals surface area contributed by atoms with Crippen LogP contribution in [0.15, 0.2) is 0 Å². The largest absolute Gasteiger partial charge is 0.480 e. The van der Waals surface area contributed by atoms with Gasteiger partial charge in [-0.25, -0.2) is 0 Å². The summed E-state index contributed by atoms with van der Waals surface area (Å²) in [5.41, 5.74) is 4.77. The molecule has 1 aliphatic heterocycles. The van der Waals surface area contributed by atoms with Crippen LogP contribution in [0.5, 0.6) is 0 Å². The Morgan fingerprint density at radius 2 is 1.77 bits per heavy atom. The number of aliphatic carboxylic acids is 1. The van der Waals surface area contributed by atoms with Crippen molar-refractivity contribution in [2.24, 2.45) is 5.73 Å². The van der Waals surface area contributed by atoms with Crippen molar-refractivity contribution in [2.75, 3.05) is 19.6 Å². The Bertz CT molecular complexity index is 337. The highest BCUT2D eigenvalue weighted by atomic mass is 16.4. The molecule has 0 amide bonds. The van der Waals surface area contributed by atoms with E-state index < -0.39 is 18.6 Å². The van der Waals surface area contributed by atoms with Crippen LogP contribution in [0.25, 0.3) is 0 Å². The van der Waals surface area contributed by atoms with Crippen LogP contribution in [0.2, 0.25) is 6.32 Å². The van der Waals surface area contributed by atoms with Crippen molar-refractivity contribution in [3.63, 3.8) is 0 Å². The van der Waals surface area contributed by atoms with E-state index in [0.717, 1.165) is 32.5 Å². The van der Waals surface area contributed by atoms with Crippen LogP contribution in [-0.2, 0) is 4.79 Å². The van der Waals surface area contributed by atoms with Gasteiger partial charge in [-0.1, -0.05) is 12.8 Å². The summed E-state index contributed by atoms with van der Waals surface area (Å²) in [6, 6.07) is 0. The number of aliphatic hydroxyl groups is 1. The van der Waals surface area contributed by atoms with Crippen molar-refractivity contribution in [1.29, 1.82) is 0 Å². The Morgan fingerprint density at radius 1 is 1.18 bits per heavy atom. The van der Waals surface area contributed by atoms with Crippen LogP contribution < -0.4 is 5.73 Å². The Labute approximate surface area is 132 Å². The lowest BCUT2D eigenvalue weighted by Gasteiger charge is -2.31. The summed E-state index contributed by atoms with van der Waals surface area (Å²) < 4.78 is 0. The molecule has 1 atom stereocenters. The van der Waals surface area contributed by atoms with Gasteiger partial charge in [-0.2, -0.15) is 0 Å². The molecule has 1 unspecified atom stereocenters. The minimum absolute atomic E-state index is 0.203. The van der Waals surface area contributed by atoms with E-state index in [-0.39, 0.29) is 12.4 Å². The molecule has 7 nitrogen and oxygen atoms in total. The van der Waals surface area contributed by atoms with Crippen LogP contribution in [0.4, 0.5) is 0 Å². The average Bonchev–Trinajstić information content (AvgIpc) is 2.45. The Kier molecular flexibility index (Phi) is 8.34. The van der Waals surface area contributed by atoms with E-state index in [9.17, 15) is 15.0 Å². The molecule has 0 bridgehead atoms. The Morgan fingerprint density at radius 3 is 2.32 bits per heavy atom. The van der Waals surface area contributed by atoms with Gasteiger partial charge in [-0.05, 0) is 45.0 Å². The zero-order valence-electron chi connectivity index (χ0n) is 13.2. The average molecular weight is 316 g/mol. The fourth-order valence-corrected chi connectivity index (χ4v) is 2.87. The van der Waals surface area contributed by atoms with E-state index >= 15 is 0 Å². The molecule has 6 N–H and O–H groups in total. The third kappa shape index (κ3) is 7.06. The highest BCUT2D eigenvalue weighted by Gasteiger charge is 2.33. The summed E-state index contributed by atoms with van der Waals surface area (Å²) in [5.74, 6) is -0.994. The first-order chi connectivity index (χ1) is 10.3. The highest BCUT2D eigenvalue weighted by Crippen LogP contribution is 2.20. The monoisotopic (exact) mass is 316 g/mol. The molecule has 1 aliphatic rings. The molecule has 1 heterocycles. The van der Waals surface area contributed by atoms with Gasteiger partial charge in [0.1, 0.15) is 5.54 Å². The number of aliphatic hydroxyl groups excluding tert-OH is 1. The maximum Gasteiger partial charge on any atom is 0.451 e. The topological polar surface area (TPSA) is 127 Å². The van der Waals surface area contributed by atoms with Gasteiger partial charge in [-0.15, -0.1) is 0 Å². The normalized spacial score (nSPS) is 19.8. The first kappa shape index (κ1) is 19.4. The fraction of sp³-hybridized carbons (Fsp3) is 0.929. The van der Waals surface area contributed by atoms with Gasteiger partial charge in [-0.3, -0.25) is 4.79 Å². The minimum Gasteiger partial charge on any atom is -0.480 e. The van der Waals surface area contributed by atoms with E-state index in [1.165, 1.54) is 0 Å². The van der Waals surface area contributed by atoms with Gasteiger partial charge in [0.15, 0.2) is 0 Å². The van der Waals surface area contributed by atoms with Crippen LogP contribution in [0.1, 0.15) is 44.9 Å². The number of unbranched alkanes of at least 4 members (excludes halogenated alkanes) is 1. The second kappa shape index (κ2) is 9.47. The van der Waals surface area contributed by atoms with Gasteiger partial charge in [0.2, 0.25) is 0 Å². The van der Waals surface area contributed by atoms with Gasteiger partial charge >= 0.3 is 13.1 Å². The highest BCUT2D eigenvalue weighted by molar-refractivity contribution is 6.40. The number of nitrogens with zero attached hydrogens (tertiary/aromatic N) is 1. The minimum atomic E-state index is -1.34. The first-order valence-corrected chi connectivity index (χ1v) is 8.12. The maximum atomic E-state index is 11.4. The van der Waals surface area contributed by atoms with E-state index in [1.807, 2.05) is 0 Å². The second-order valence-corrected chi connectivity index (χ2v) is 6.36. The number of hydrogen-bond acceptors (Lipinski definition) is 6. The summed E-state index contributed by atoms with van der Waals surface area (Å²) in [4.78, 5) is 13.6. The molecule has 128 valence electrons. The van der Waals surface area contributed by atoms with Gasteiger partial charge < -0.3 is 30.9 Å². The lowest BCUT2D eigenvalue weighted by molar-refractivity contribution is -0.144. The van der Waals surface area contributed by atoms with Crippen LogP contribution in [0.3, 0.4) is 0 Å². The number of piperidine rings is 1. The number of rotatable bonds is 10. The van der Waals surface area contributed by atoms with E-state index in [4.69, 9.17) is 15.8 Å². The number of carboxylic acid groups (broad SMARTS) is 1. The van der Waals surface area contributed by atoms with Gasteiger partial charge in [0.25, 0.3) is 0 Å². The summed E-state index contributed by atoms with van der Waals surface area (Å²) >= 11 is 0. The van der Waals surface area contributed by atoms with Crippen molar-refractivity contribution >= 4 is 13.1 Å². The molecular formula is C14H29BN2O5. The summed E-state index contributed by atoms with van der Waals surface area (Å²) in [7, 11) is -1.34. The fourth-order valence-electron chi connectivity index (χ4n) is 2.87. The predicted molar refractivity (Wildman–Crippen MR) is 84.3 cm³/mol. The predicted octanol–water partition coefficient (Wildman–Crippen LogP) is -0.351. The zero-order chi connectivity index (χ0) is 16.6. The third-order valence-corrected chi connectivity index (χ3v) is 4.42. The van der Waals surface area contributed by atoms with Crippen molar-refractivity contribution < 1.29 is 25.1 Å². The van der Waals surface area contributed by atoms with Crippen LogP contribution in [0, 0.1) is 0 Å². The number of nitrogens with two attached hydrogens (primary N) is 1. The molecule has 8 heteroatoms. The molecule has 0 saturated carbocycles. The second-order valence-electron chi connectivity index (χ2n) is 6.36. The molecule has 1 rings (SSSR count). The summed E-state index contributed by atoms with van der Waals surface area (Å²) in [6.45, 7) is 2.49. The lowest BCUT2D eigenvalue weighted by Crippen LogP contribution is -2.48. The molecule has 22 heavy (non-hydrogen) atoms. The Balaban J connectivity index is 2.28. The smallest absolute Gasteiger partial charge is 0.451 e. The molecular weight excluding hydrogens is 287 g/mol. The lowest BCUT2D eigenvalue weighted by atomic mass is 9.81. The Hall–Kier alpha value is -0.665. The summed E-state index contributed by atoms with van der Waals surface area (Å²) in [5, 5.41) is 36.4. The van der Waals surface area contributed by atoms with Crippen LogP contribution in [-0.4, -0.2) is 69.5 Å². The summed E-state index contributed by atoms with van der Waals surface area (Å²) in [6.07, 6.45) is 4.16. The van der Waals surface area contributed by atoms with Crippen molar-refractivity contribution in [1.82, 2.24) is 4.90 Å². The third-order valence-electron chi connectivity index (χ3n) is 4.42. The molecule has 1 fully saturated rings. The number of carboxylic acids is 1. The molecule has 0 aromatic carbocycles. The quantitative estimate of drug-likeness (QED) is 0.275. The van der Waals surface area contributed by atoms with Crippen molar-refractivity contribution in [3.8, 4) is 0 Å². The maximum absolute atomic E-state index is 11.4. The van der Waals surface area contributed by atoms with E-state index in [0.29, 0.717) is 32.1 Å². The molecule has 0 aromatic rings. The van der Waals surface area contributed by atoms with E-state index in [1.54, 1.807) is 0 Å². The molecule has 0 spiro atoms. The standard InChI is InChI=1S/C14H29BN2O5/c16-14(13(19)20,6-1-2-8-15(21)22)7-3-9-17-10-4-12(18)5-11-17/h12,18,21-22H,1-11,16H2,(H,19,20). The van der Waals surface area contributed by atoms with E-state index in [2.05, 4.69) is 4.90 Å². The molecule has 1 saturated heterocycles.